The summed E-state index contributed by atoms with van der Waals surface area (Å²) in [6, 6.07) is 0. The first-order valence-electron chi connectivity index (χ1n) is 3.62. The fourth-order valence-corrected chi connectivity index (χ4v) is 0. The molecule has 64 valence electrons. The minimum absolute atomic E-state index is 0.167. The lowest BCUT2D eigenvalue weighted by Gasteiger charge is -1.59. The molecule has 0 saturated carbocycles. The fraction of sp³-hybridized carbons (Fsp3) is 0.875. The quantitative estimate of drug-likeness (QED) is 0.566. The second-order valence-corrected chi connectivity index (χ2v) is 2.12. The van der Waals surface area contributed by atoms with E-state index in [-0.39, 0.29) is 5.78 Å². The average molecular weight is 147 g/mol. The summed E-state index contributed by atoms with van der Waals surface area (Å²) in [5.74, 6) is 0.167. The van der Waals surface area contributed by atoms with Crippen LogP contribution in [-0.4, -0.2) is 19.9 Å². The van der Waals surface area contributed by atoms with E-state index in [4.69, 9.17) is 0 Å². The summed E-state index contributed by atoms with van der Waals surface area (Å²) >= 11 is 0. The van der Waals surface area contributed by atoms with Gasteiger partial charge in [0.2, 0.25) is 0 Å². The lowest BCUT2D eigenvalue weighted by atomic mass is 10.6. The zero-order valence-corrected chi connectivity index (χ0v) is 8.12. The molecule has 0 heterocycles. The van der Waals surface area contributed by atoms with Gasteiger partial charge in [-0.25, -0.2) is 0 Å². The lowest BCUT2D eigenvalue weighted by Crippen LogP contribution is -1.89. The van der Waals surface area contributed by atoms with Crippen LogP contribution in [0.25, 0.3) is 0 Å². The Hall–Kier alpha value is -0.370. The smallest absolute Gasteiger partial charge is 0.126 e. The maximum absolute atomic E-state index is 9.44. The van der Waals surface area contributed by atoms with E-state index in [0.29, 0.717) is 0 Å². The lowest BCUT2D eigenvalue weighted by molar-refractivity contribution is -0.114. The molecule has 0 aromatic carbocycles. The van der Waals surface area contributed by atoms with Crippen LogP contribution in [0.5, 0.6) is 0 Å². The second kappa shape index (κ2) is 23.4. The Morgan fingerprint density at radius 2 is 1.20 bits per heavy atom. The van der Waals surface area contributed by atoms with Gasteiger partial charge >= 0.3 is 0 Å². The number of hydrogen-bond acceptors (Lipinski definition) is 2. The molecule has 0 amide bonds. The van der Waals surface area contributed by atoms with Crippen LogP contribution in [0.15, 0.2) is 0 Å². The molecule has 0 aliphatic rings. The van der Waals surface area contributed by atoms with Crippen molar-refractivity contribution >= 4 is 5.78 Å². The highest BCUT2D eigenvalue weighted by atomic mass is 16.1. The van der Waals surface area contributed by atoms with Gasteiger partial charge in [-0.2, -0.15) is 0 Å². The predicted octanol–water partition coefficient (Wildman–Crippen LogP) is 1.85. The Balaban J connectivity index is -0.0000000750. The normalized spacial score (nSPS) is 6.20. The molecule has 0 aliphatic heterocycles. The van der Waals surface area contributed by atoms with E-state index in [1.165, 1.54) is 20.3 Å². The van der Waals surface area contributed by atoms with Crippen LogP contribution in [-0.2, 0) is 4.79 Å². The molecule has 0 aromatic heterocycles. The molecule has 0 aromatic rings. The van der Waals surface area contributed by atoms with Crippen LogP contribution in [0.1, 0.15) is 34.1 Å². The van der Waals surface area contributed by atoms with E-state index in [0.717, 1.165) is 0 Å². The summed E-state index contributed by atoms with van der Waals surface area (Å²) in [6.07, 6.45) is 1.25. The van der Waals surface area contributed by atoms with Gasteiger partial charge in [0.25, 0.3) is 0 Å². The predicted molar refractivity (Wildman–Crippen MR) is 47.3 cm³/mol. The number of ketones is 1. The maximum Gasteiger partial charge on any atom is 0.126 e. The second-order valence-electron chi connectivity index (χ2n) is 2.12. The van der Waals surface area contributed by atoms with E-state index < -0.39 is 0 Å². The van der Waals surface area contributed by atoms with Gasteiger partial charge in [0.1, 0.15) is 5.78 Å². The van der Waals surface area contributed by atoms with Crippen LogP contribution in [0, 0.1) is 0 Å². The maximum atomic E-state index is 9.44. The van der Waals surface area contributed by atoms with Crippen LogP contribution in [0.2, 0.25) is 0 Å². The van der Waals surface area contributed by atoms with Crippen molar-refractivity contribution in [2.24, 2.45) is 0 Å². The topological polar surface area (TPSA) is 29.1 Å². The number of carbonyl (C=O) groups is 1. The van der Waals surface area contributed by atoms with Gasteiger partial charge in [-0.3, -0.25) is 0 Å². The molecule has 0 unspecified atom stereocenters. The molecule has 1 N–H and O–H groups in total. The molecule has 2 nitrogen and oxygen atoms in total. The highest BCUT2D eigenvalue weighted by Crippen LogP contribution is 1.56. The largest absolute Gasteiger partial charge is 0.323 e. The van der Waals surface area contributed by atoms with Crippen molar-refractivity contribution in [1.29, 1.82) is 0 Å². The molecule has 0 bridgehead atoms. The summed E-state index contributed by atoms with van der Waals surface area (Å²) in [5, 5.41) is 2.75. The molecule has 0 fully saturated rings. The highest BCUT2D eigenvalue weighted by Gasteiger charge is 1.62. The van der Waals surface area contributed by atoms with Crippen molar-refractivity contribution in [3.05, 3.63) is 0 Å². The monoisotopic (exact) mass is 147 g/mol. The van der Waals surface area contributed by atoms with Crippen LogP contribution in [0.3, 0.4) is 0 Å². The number of carbonyl (C=O) groups excluding carboxylic acids is 1. The average Bonchev–Trinajstić information content (AvgIpc) is 1.65. The highest BCUT2D eigenvalue weighted by molar-refractivity contribution is 5.72. The summed E-state index contributed by atoms with van der Waals surface area (Å²) < 4.78 is 0. The van der Waals surface area contributed by atoms with E-state index in [1.54, 1.807) is 0 Å². The van der Waals surface area contributed by atoms with Crippen molar-refractivity contribution in [2.75, 3.05) is 14.1 Å². The summed E-state index contributed by atoms with van der Waals surface area (Å²) in [7, 11) is 3.75. The summed E-state index contributed by atoms with van der Waals surface area (Å²) in [5.41, 5.74) is 0. The molecular weight excluding hydrogens is 126 g/mol. The Morgan fingerprint density at radius 3 is 1.20 bits per heavy atom. The summed E-state index contributed by atoms with van der Waals surface area (Å²) in [6.45, 7) is 7.31. The molecule has 0 aliphatic carbocycles. The van der Waals surface area contributed by atoms with Crippen molar-refractivity contribution in [2.45, 2.75) is 34.1 Å². The van der Waals surface area contributed by atoms with Gasteiger partial charge in [0.05, 0.1) is 0 Å². The first kappa shape index (κ1) is 16.3. The molecule has 0 saturated heterocycles. The van der Waals surface area contributed by atoms with Gasteiger partial charge < -0.3 is 10.1 Å². The first-order valence-corrected chi connectivity index (χ1v) is 3.62. The SMILES string of the molecule is CC(C)=O.CCC.CNC. The third-order valence-corrected chi connectivity index (χ3v) is 0. The van der Waals surface area contributed by atoms with E-state index in [9.17, 15) is 4.79 Å². The fourth-order valence-electron chi connectivity index (χ4n) is 0. The molecule has 10 heavy (non-hydrogen) atoms. The zero-order valence-electron chi connectivity index (χ0n) is 8.12. The van der Waals surface area contributed by atoms with Crippen LogP contribution >= 0.6 is 0 Å². The van der Waals surface area contributed by atoms with Crippen LogP contribution in [0.4, 0.5) is 0 Å². The van der Waals surface area contributed by atoms with E-state index in [1.807, 2.05) is 14.1 Å². The Labute approximate surface area is 65.0 Å². The number of hydrogen-bond donors (Lipinski definition) is 1. The van der Waals surface area contributed by atoms with Gasteiger partial charge in [-0.05, 0) is 27.9 Å². The van der Waals surface area contributed by atoms with Gasteiger partial charge in [0, 0.05) is 0 Å². The number of nitrogens with one attached hydrogen (secondary N) is 1. The Kier molecular flexibility index (Phi) is 38.2. The van der Waals surface area contributed by atoms with E-state index in [2.05, 4.69) is 19.2 Å². The Bertz CT molecular complexity index is 47.2. The zero-order chi connectivity index (χ0) is 8.99. The molecular formula is C8H21NO. The summed E-state index contributed by atoms with van der Waals surface area (Å²) in [4.78, 5) is 9.44. The molecule has 2 heteroatoms. The number of rotatable bonds is 0. The minimum Gasteiger partial charge on any atom is -0.323 e. The third-order valence-electron chi connectivity index (χ3n) is 0. The first-order chi connectivity index (χ1) is 4.56. The standard InChI is InChI=1S/C3H6O.C3H8.C2H7N/c1-3(2)4;2*1-3-2/h1-2H3;3H2,1-2H3;3H,1-2H3. The van der Waals surface area contributed by atoms with Gasteiger partial charge in [-0.15, -0.1) is 0 Å². The molecule has 0 spiro atoms. The Morgan fingerprint density at radius 1 is 1.20 bits per heavy atom. The van der Waals surface area contributed by atoms with Crippen molar-refractivity contribution in [3.8, 4) is 0 Å². The number of Topliss-reactive ketones (excluding diaryl/α,β-unsaturated/α-hetero) is 1. The van der Waals surface area contributed by atoms with E-state index >= 15 is 0 Å². The van der Waals surface area contributed by atoms with Gasteiger partial charge in [-0.1, -0.05) is 20.3 Å². The third kappa shape index (κ3) is 2450. The van der Waals surface area contributed by atoms with Gasteiger partial charge in [0.15, 0.2) is 0 Å². The minimum atomic E-state index is 0.167. The molecule has 0 radical (unpaired) electrons. The van der Waals surface area contributed by atoms with Crippen LogP contribution < -0.4 is 5.32 Å². The van der Waals surface area contributed by atoms with Crippen molar-refractivity contribution in [3.63, 3.8) is 0 Å². The molecule has 0 rings (SSSR count). The van der Waals surface area contributed by atoms with Crippen molar-refractivity contribution in [1.82, 2.24) is 5.32 Å². The van der Waals surface area contributed by atoms with Crippen molar-refractivity contribution < 1.29 is 4.79 Å². The molecule has 0 atom stereocenters.